The quantitative estimate of drug-likeness (QED) is 0.866. The molecule has 1 saturated carbocycles. The zero-order valence-electron chi connectivity index (χ0n) is 12.5. The van der Waals surface area contributed by atoms with Crippen LogP contribution in [0.5, 0.6) is 5.75 Å². The Morgan fingerprint density at radius 2 is 1.80 bits per heavy atom. The van der Waals surface area contributed by atoms with Crippen LogP contribution in [0, 0.1) is 0 Å². The summed E-state index contributed by atoms with van der Waals surface area (Å²) < 4.78 is 6.14. The molecule has 106 valence electrons. The Labute approximate surface area is 121 Å². The number of nitrogens with one attached hydrogen (secondary N) is 1. The minimum atomic E-state index is 0.188. The smallest absolute Gasteiger partial charge is 0.132 e. The molecule has 2 nitrogen and oxygen atoms in total. The minimum Gasteiger partial charge on any atom is -0.490 e. The van der Waals surface area contributed by atoms with Crippen LogP contribution >= 0.6 is 0 Å². The molecule has 1 fully saturated rings. The van der Waals surface area contributed by atoms with Crippen molar-refractivity contribution >= 4 is 10.8 Å². The Kier molecular flexibility index (Phi) is 3.66. The van der Waals surface area contributed by atoms with Crippen molar-refractivity contribution in [1.82, 2.24) is 5.32 Å². The molecule has 20 heavy (non-hydrogen) atoms. The lowest BCUT2D eigenvalue weighted by atomic mass is 10.0. The van der Waals surface area contributed by atoms with Crippen LogP contribution in [0.25, 0.3) is 10.8 Å². The highest BCUT2D eigenvalue weighted by molar-refractivity contribution is 5.89. The van der Waals surface area contributed by atoms with Gasteiger partial charge >= 0.3 is 0 Å². The van der Waals surface area contributed by atoms with Crippen molar-refractivity contribution in [2.45, 2.75) is 51.8 Å². The van der Waals surface area contributed by atoms with E-state index >= 15 is 0 Å². The van der Waals surface area contributed by atoms with Crippen molar-refractivity contribution in [2.24, 2.45) is 0 Å². The molecule has 2 aromatic carbocycles. The molecule has 0 bridgehead atoms. The van der Waals surface area contributed by atoms with Crippen LogP contribution in [-0.4, -0.2) is 12.1 Å². The van der Waals surface area contributed by atoms with E-state index in [1.165, 1.54) is 29.2 Å². The number of hydrogen-bond acceptors (Lipinski definition) is 2. The van der Waals surface area contributed by atoms with Gasteiger partial charge < -0.3 is 10.1 Å². The van der Waals surface area contributed by atoms with Crippen molar-refractivity contribution < 1.29 is 4.74 Å². The number of hydrogen-bond donors (Lipinski definition) is 1. The highest BCUT2D eigenvalue weighted by Gasteiger charge is 2.25. The Hall–Kier alpha value is -1.54. The lowest BCUT2D eigenvalue weighted by Crippen LogP contribution is -2.22. The Bertz CT molecular complexity index is 601. The molecule has 0 aromatic heterocycles. The normalized spacial score (nSPS) is 16.6. The van der Waals surface area contributed by atoms with Gasteiger partial charge in [-0.15, -0.1) is 0 Å². The second-order valence-electron chi connectivity index (χ2n) is 6.03. The first kappa shape index (κ1) is 13.4. The summed E-state index contributed by atoms with van der Waals surface area (Å²) in [6.45, 7) is 6.41. The number of rotatable bonds is 5. The van der Waals surface area contributed by atoms with E-state index in [1.807, 2.05) is 0 Å². The van der Waals surface area contributed by atoms with Gasteiger partial charge in [-0.2, -0.15) is 0 Å². The molecular formula is C18H23NO. The van der Waals surface area contributed by atoms with Gasteiger partial charge in [-0.05, 0) is 39.0 Å². The molecule has 1 unspecified atom stereocenters. The highest BCUT2D eigenvalue weighted by Crippen LogP contribution is 2.35. The molecule has 1 atom stereocenters. The predicted octanol–water partition coefficient (Wildman–Crippen LogP) is 4.44. The molecule has 0 aliphatic heterocycles. The van der Waals surface area contributed by atoms with E-state index in [-0.39, 0.29) is 6.10 Å². The molecular weight excluding hydrogens is 246 g/mol. The molecule has 0 saturated heterocycles. The Morgan fingerprint density at radius 1 is 1.05 bits per heavy atom. The van der Waals surface area contributed by atoms with Crippen molar-refractivity contribution in [2.75, 3.05) is 0 Å². The SMILES string of the molecule is CC(C)Oc1c(C(C)NC2CC2)ccc2ccccc12. The van der Waals surface area contributed by atoms with Gasteiger partial charge in [-0.25, -0.2) is 0 Å². The summed E-state index contributed by atoms with van der Waals surface area (Å²) in [5, 5.41) is 6.12. The maximum absolute atomic E-state index is 6.14. The molecule has 2 heteroatoms. The van der Waals surface area contributed by atoms with Crippen molar-refractivity contribution in [3.8, 4) is 5.75 Å². The molecule has 1 aliphatic rings. The molecule has 0 radical (unpaired) electrons. The number of benzene rings is 2. The van der Waals surface area contributed by atoms with E-state index in [4.69, 9.17) is 4.74 Å². The van der Waals surface area contributed by atoms with Gasteiger partial charge in [0.05, 0.1) is 6.10 Å². The fraction of sp³-hybridized carbons (Fsp3) is 0.444. The second-order valence-corrected chi connectivity index (χ2v) is 6.03. The lowest BCUT2D eigenvalue weighted by molar-refractivity contribution is 0.241. The minimum absolute atomic E-state index is 0.188. The van der Waals surface area contributed by atoms with Gasteiger partial charge in [0.25, 0.3) is 0 Å². The molecule has 0 spiro atoms. The fourth-order valence-electron chi connectivity index (χ4n) is 2.66. The summed E-state index contributed by atoms with van der Waals surface area (Å²) in [4.78, 5) is 0. The summed E-state index contributed by atoms with van der Waals surface area (Å²) in [6.07, 6.45) is 2.80. The first-order valence-corrected chi connectivity index (χ1v) is 7.59. The average molecular weight is 269 g/mol. The van der Waals surface area contributed by atoms with Crippen LogP contribution in [0.2, 0.25) is 0 Å². The molecule has 1 N–H and O–H groups in total. The van der Waals surface area contributed by atoms with E-state index in [1.54, 1.807) is 0 Å². The standard InChI is InChI=1S/C18H23NO/c1-12(2)20-18-16(13(3)19-15-9-10-15)11-8-14-6-4-5-7-17(14)18/h4-8,11-13,15,19H,9-10H2,1-3H3. The second kappa shape index (κ2) is 5.45. The van der Waals surface area contributed by atoms with Gasteiger partial charge in [-0.1, -0.05) is 36.4 Å². The highest BCUT2D eigenvalue weighted by atomic mass is 16.5. The lowest BCUT2D eigenvalue weighted by Gasteiger charge is -2.21. The van der Waals surface area contributed by atoms with Gasteiger partial charge in [0.1, 0.15) is 5.75 Å². The zero-order valence-corrected chi connectivity index (χ0v) is 12.5. The van der Waals surface area contributed by atoms with E-state index in [0.717, 1.165) is 5.75 Å². The zero-order chi connectivity index (χ0) is 14.1. The van der Waals surface area contributed by atoms with Crippen LogP contribution in [0.3, 0.4) is 0 Å². The molecule has 2 aromatic rings. The maximum atomic E-state index is 6.14. The van der Waals surface area contributed by atoms with Crippen LogP contribution < -0.4 is 10.1 Å². The van der Waals surface area contributed by atoms with Gasteiger partial charge in [0.2, 0.25) is 0 Å². The van der Waals surface area contributed by atoms with Crippen molar-refractivity contribution in [3.05, 3.63) is 42.0 Å². The third kappa shape index (κ3) is 2.80. The van der Waals surface area contributed by atoms with Crippen LogP contribution in [0.1, 0.15) is 45.2 Å². The van der Waals surface area contributed by atoms with Crippen LogP contribution in [-0.2, 0) is 0 Å². The largest absolute Gasteiger partial charge is 0.490 e. The number of fused-ring (bicyclic) bond motifs is 1. The first-order valence-electron chi connectivity index (χ1n) is 7.59. The maximum Gasteiger partial charge on any atom is 0.132 e. The van der Waals surface area contributed by atoms with E-state index in [0.29, 0.717) is 12.1 Å². The van der Waals surface area contributed by atoms with Gasteiger partial charge in [-0.3, -0.25) is 0 Å². The summed E-state index contributed by atoms with van der Waals surface area (Å²) in [6, 6.07) is 13.9. The van der Waals surface area contributed by atoms with E-state index < -0.39 is 0 Å². The Morgan fingerprint density at radius 3 is 2.50 bits per heavy atom. The fourth-order valence-corrected chi connectivity index (χ4v) is 2.66. The third-order valence-electron chi connectivity index (χ3n) is 3.79. The van der Waals surface area contributed by atoms with Gasteiger partial charge in [0.15, 0.2) is 0 Å². The van der Waals surface area contributed by atoms with E-state index in [9.17, 15) is 0 Å². The van der Waals surface area contributed by atoms with Gasteiger partial charge in [0, 0.05) is 23.0 Å². The van der Waals surface area contributed by atoms with Crippen molar-refractivity contribution in [3.63, 3.8) is 0 Å². The molecule has 3 rings (SSSR count). The third-order valence-corrected chi connectivity index (χ3v) is 3.79. The monoisotopic (exact) mass is 269 g/mol. The Balaban J connectivity index is 2.04. The molecule has 0 amide bonds. The topological polar surface area (TPSA) is 21.3 Å². The number of ether oxygens (including phenoxy) is 1. The predicted molar refractivity (Wildman–Crippen MR) is 84.3 cm³/mol. The molecule has 0 heterocycles. The van der Waals surface area contributed by atoms with Crippen LogP contribution in [0.4, 0.5) is 0 Å². The molecule has 1 aliphatic carbocycles. The van der Waals surface area contributed by atoms with Crippen LogP contribution in [0.15, 0.2) is 36.4 Å². The summed E-state index contributed by atoms with van der Waals surface area (Å²) >= 11 is 0. The first-order chi connectivity index (χ1) is 9.65. The summed E-state index contributed by atoms with van der Waals surface area (Å²) in [5.41, 5.74) is 1.27. The average Bonchev–Trinajstić information content (AvgIpc) is 3.22. The van der Waals surface area contributed by atoms with Crippen molar-refractivity contribution in [1.29, 1.82) is 0 Å². The summed E-state index contributed by atoms with van der Waals surface area (Å²) in [7, 11) is 0. The summed E-state index contributed by atoms with van der Waals surface area (Å²) in [5.74, 6) is 1.04. The van der Waals surface area contributed by atoms with E-state index in [2.05, 4.69) is 62.5 Å².